The highest BCUT2D eigenvalue weighted by Gasteiger charge is 1.98. The molecule has 1 rings (SSSR count). The van der Waals surface area contributed by atoms with Crippen molar-refractivity contribution in [2.45, 2.75) is 13.8 Å². The van der Waals surface area contributed by atoms with E-state index in [1.54, 1.807) is 0 Å². The standard InChI is InChI=1S/C7H10N2/c1-6(2)7-3-4-8-9-5-7/h3,5-6,9H,1-2H3. The van der Waals surface area contributed by atoms with Gasteiger partial charge in [0, 0.05) is 18.1 Å². The summed E-state index contributed by atoms with van der Waals surface area (Å²) in [5.41, 5.74) is 3.98. The van der Waals surface area contributed by atoms with Gasteiger partial charge < -0.3 is 0 Å². The summed E-state index contributed by atoms with van der Waals surface area (Å²) in [6.07, 6.45) is 3.78. The molecule has 0 saturated heterocycles. The van der Waals surface area contributed by atoms with Crippen molar-refractivity contribution in [3.05, 3.63) is 17.8 Å². The Balaban J connectivity index is 2.72. The van der Waals surface area contributed by atoms with Crippen LogP contribution in [0.3, 0.4) is 0 Å². The van der Waals surface area contributed by atoms with Crippen molar-refractivity contribution < 1.29 is 0 Å². The van der Waals surface area contributed by atoms with Crippen molar-refractivity contribution in [3.8, 4) is 0 Å². The van der Waals surface area contributed by atoms with E-state index in [9.17, 15) is 0 Å². The zero-order chi connectivity index (χ0) is 6.69. The van der Waals surface area contributed by atoms with Crippen LogP contribution in [-0.4, -0.2) is 5.87 Å². The topological polar surface area (TPSA) is 24.4 Å². The van der Waals surface area contributed by atoms with Gasteiger partial charge in [0.1, 0.15) is 0 Å². The Bertz CT molecular complexity index is 183. The summed E-state index contributed by atoms with van der Waals surface area (Å²) < 4.78 is 0. The van der Waals surface area contributed by atoms with Crippen molar-refractivity contribution in [2.24, 2.45) is 11.0 Å². The summed E-state index contributed by atoms with van der Waals surface area (Å²) in [5.74, 6) is 3.29. The zero-order valence-electron chi connectivity index (χ0n) is 5.68. The second-order valence-electron chi connectivity index (χ2n) is 2.31. The van der Waals surface area contributed by atoms with Crippen LogP contribution in [0, 0.1) is 5.92 Å². The quantitative estimate of drug-likeness (QED) is 0.556. The normalized spacial score (nSPS) is 15.7. The highest BCUT2D eigenvalue weighted by atomic mass is 15.3. The smallest absolute Gasteiger partial charge is 0.0248 e. The Hall–Kier alpha value is -1.01. The van der Waals surface area contributed by atoms with Gasteiger partial charge in [-0.15, -0.1) is 5.10 Å². The van der Waals surface area contributed by atoms with E-state index in [2.05, 4.69) is 30.2 Å². The lowest BCUT2D eigenvalue weighted by atomic mass is 10.1. The summed E-state index contributed by atoms with van der Waals surface area (Å²) in [5, 5.41) is 3.68. The molecule has 9 heavy (non-hydrogen) atoms. The van der Waals surface area contributed by atoms with Gasteiger partial charge in [-0.2, -0.15) is 0 Å². The van der Waals surface area contributed by atoms with Crippen LogP contribution in [0.25, 0.3) is 0 Å². The lowest BCUT2D eigenvalue weighted by Gasteiger charge is -2.05. The van der Waals surface area contributed by atoms with Gasteiger partial charge in [0.15, 0.2) is 0 Å². The first-order chi connectivity index (χ1) is 4.30. The first kappa shape index (κ1) is 6.12. The van der Waals surface area contributed by atoms with Gasteiger partial charge in [-0.3, -0.25) is 5.43 Å². The van der Waals surface area contributed by atoms with Crippen LogP contribution < -0.4 is 5.43 Å². The van der Waals surface area contributed by atoms with Crippen molar-refractivity contribution in [1.29, 1.82) is 0 Å². The van der Waals surface area contributed by atoms with Gasteiger partial charge in [0.2, 0.25) is 0 Å². The molecule has 0 amide bonds. The summed E-state index contributed by atoms with van der Waals surface area (Å²) in [7, 11) is 0. The van der Waals surface area contributed by atoms with E-state index >= 15 is 0 Å². The summed E-state index contributed by atoms with van der Waals surface area (Å²) >= 11 is 0. The van der Waals surface area contributed by atoms with Gasteiger partial charge in [-0.1, -0.05) is 13.8 Å². The Morgan fingerprint density at radius 2 is 2.44 bits per heavy atom. The zero-order valence-corrected chi connectivity index (χ0v) is 5.68. The van der Waals surface area contributed by atoms with E-state index in [0.29, 0.717) is 5.92 Å². The minimum atomic E-state index is 0.556. The molecule has 0 aromatic carbocycles. The Morgan fingerprint density at radius 3 is 2.78 bits per heavy atom. The molecular formula is C7H10N2. The van der Waals surface area contributed by atoms with Gasteiger partial charge in [0.25, 0.3) is 0 Å². The SMILES string of the molecule is CC(C)C1=CNN=C=C1. The van der Waals surface area contributed by atoms with Crippen molar-refractivity contribution in [2.75, 3.05) is 0 Å². The number of hydrogen-bond donors (Lipinski definition) is 1. The van der Waals surface area contributed by atoms with Crippen molar-refractivity contribution >= 4 is 5.87 Å². The number of allylic oxidation sites excluding steroid dienone is 2. The average Bonchev–Trinajstić information content (AvgIpc) is 1.90. The molecule has 0 radical (unpaired) electrons. The second-order valence-corrected chi connectivity index (χ2v) is 2.31. The van der Waals surface area contributed by atoms with E-state index < -0.39 is 0 Å². The largest absolute Gasteiger partial charge is 0.277 e. The summed E-state index contributed by atoms with van der Waals surface area (Å²) in [6, 6.07) is 0. The predicted octanol–water partition coefficient (Wildman–Crippen LogP) is 1.27. The fourth-order valence-corrected chi connectivity index (χ4v) is 0.626. The van der Waals surface area contributed by atoms with Crippen molar-refractivity contribution in [3.63, 3.8) is 0 Å². The molecule has 0 saturated carbocycles. The van der Waals surface area contributed by atoms with Crippen LogP contribution >= 0.6 is 0 Å². The first-order valence-corrected chi connectivity index (χ1v) is 3.05. The average molecular weight is 122 g/mol. The molecule has 1 aliphatic rings. The molecule has 0 aromatic heterocycles. The van der Waals surface area contributed by atoms with Crippen LogP contribution in [0.1, 0.15) is 13.8 Å². The van der Waals surface area contributed by atoms with Crippen LogP contribution in [0.5, 0.6) is 0 Å². The maximum atomic E-state index is 3.68. The van der Waals surface area contributed by atoms with Crippen molar-refractivity contribution in [1.82, 2.24) is 5.43 Å². The molecule has 0 fully saturated rings. The first-order valence-electron chi connectivity index (χ1n) is 3.05. The molecular weight excluding hydrogens is 112 g/mol. The lowest BCUT2D eigenvalue weighted by Crippen LogP contribution is -2.02. The van der Waals surface area contributed by atoms with Gasteiger partial charge >= 0.3 is 0 Å². The number of hydrogen-bond acceptors (Lipinski definition) is 2. The highest BCUT2D eigenvalue weighted by molar-refractivity contribution is 5.58. The molecule has 0 aliphatic carbocycles. The molecule has 1 heterocycles. The van der Waals surface area contributed by atoms with E-state index in [1.807, 2.05) is 12.3 Å². The van der Waals surface area contributed by atoms with Crippen LogP contribution in [0.15, 0.2) is 23.0 Å². The number of nitrogens with one attached hydrogen (secondary N) is 1. The third-order valence-corrected chi connectivity index (χ3v) is 1.26. The number of rotatable bonds is 1. The highest BCUT2D eigenvalue weighted by Crippen LogP contribution is 2.08. The summed E-state index contributed by atoms with van der Waals surface area (Å²) in [6.45, 7) is 4.27. The third kappa shape index (κ3) is 1.44. The van der Waals surface area contributed by atoms with E-state index in [1.165, 1.54) is 5.57 Å². The molecule has 0 bridgehead atoms. The monoisotopic (exact) mass is 122 g/mol. The lowest BCUT2D eigenvalue weighted by molar-refractivity contribution is 0.771. The Kier molecular flexibility index (Phi) is 1.71. The maximum absolute atomic E-state index is 3.68. The summed E-state index contributed by atoms with van der Waals surface area (Å²) in [4.78, 5) is 0. The maximum Gasteiger partial charge on any atom is 0.0248 e. The van der Waals surface area contributed by atoms with Crippen LogP contribution in [0.2, 0.25) is 0 Å². The van der Waals surface area contributed by atoms with Gasteiger partial charge in [-0.05, 0) is 11.5 Å². The van der Waals surface area contributed by atoms with E-state index in [-0.39, 0.29) is 0 Å². The van der Waals surface area contributed by atoms with E-state index in [0.717, 1.165) is 0 Å². The van der Waals surface area contributed by atoms with Gasteiger partial charge in [-0.25, -0.2) is 0 Å². The van der Waals surface area contributed by atoms with E-state index in [4.69, 9.17) is 0 Å². The van der Waals surface area contributed by atoms with Crippen LogP contribution in [0.4, 0.5) is 0 Å². The fraction of sp³-hybridized carbons (Fsp3) is 0.429. The van der Waals surface area contributed by atoms with Gasteiger partial charge in [0.05, 0.1) is 0 Å². The Labute approximate surface area is 55.0 Å². The Morgan fingerprint density at radius 1 is 1.67 bits per heavy atom. The third-order valence-electron chi connectivity index (χ3n) is 1.26. The molecule has 0 unspecified atom stereocenters. The second kappa shape index (κ2) is 2.51. The molecule has 0 spiro atoms. The number of nitrogens with zero attached hydrogens (tertiary/aromatic N) is 1. The molecule has 1 N–H and O–H groups in total. The molecule has 48 valence electrons. The predicted molar refractivity (Wildman–Crippen MR) is 38.1 cm³/mol. The minimum Gasteiger partial charge on any atom is -0.277 e. The number of hydrazone groups is 1. The van der Waals surface area contributed by atoms with Crippen LogP contribution in [-0.2, 0) is 0 Å². The minimum absolute atomic E-state index is 0.556. The molecule has 2 heteroatoms. The molecule has 1 aliphatic heterocycles. The molecule has 0 atom stereocenters. The fourth-order valence-electron chi connectivity index (χ4n) is 0.626. The molecule has 2 nitrogen and oxygen atoms in total. The molecule has 0 aromatic rings.